The van der Waals surface area contributed by atoms with Crippen molar-refractivity contribution in [3.8, 4) is 11.3 Å². The molecule has 1 aliphatic rings. The molecule has 4 aromatic rings. The third-order valence-corrected chi connectivity index (χ3v) is 6.73. The van der Waals surface area contributed by atoms with Crippen molar-refractivity contribution in [2.75, 3.05) is 32.8 Å². The van der Waals surface area contributed by atoms with Crippen LogP contribution in [0.5, 0.6) is 0 Å². The van der Waals surface area contributed by atoms with Crippen LogP contribution in [0.15, 0.2) is 48.7 Å². The molecule has 0 spiro atoms. The summed E-state index contributed by atoms with van der Waals surface area (Å²) in [5.74, 6) is -0.0439. The number of pyridine rings is 1. The maximum atomic E-state index is 13.3. The van der Waals surface area contributed by atoms with E-state index in [4.69, 9.17) is 9.72 Å². The molecule has 1 fully saturated rings. The molecular formula is C28H31N5O3. The number of benzene rings is 2. The molecule has 2 amide bonds. The van der Waals surface area contributed by atoms with E-state index in [1.54, 1.807) is 14.5 Å². The number of aromatic nitrogens is 3. The number of nitrogens with zero attached hydrogens (tertiary/aromatic N) is 5. The number of rotatable bonds is 5. The van der Waals surface area contributed by atoms with Crippen LogP contribution in [-0.2, 0) is 11.8 Å². The van der Waals surface area contributed by atoms with E-state index in [2.05, 4.69) is 31.1 Å². The number of carbonyl (C=O) groups excluding carboxylic acids is 2. The van der Waals surface area contributed by atoms with Crippen LogP contribution in [0.4, 0.5) is 4.79 Å². The minimum Gasteiger partial charge on any atom is -0.449 e. The van der Waals surface area contributed by atoms with Gasteiger partial charge in [0.2, 0.25) is 0 Å². The van der Waals surface area contributed by atoms with Crippen molar-refractivity contribution in [1.29, 1.82) is 0 Å². The average molecular weight is 486 g/mol. The van der Waals surface area contributed by atoms with Gasteiger partial charge in [0.05, 0.1) is 23.3 Å². The van der Waals surface area contributed by atoms with Crippen LogP contribution in [0.2, 0.25) is 0 Å². The summed E-state index contributed by atoms with van der Waals surface area (Å²) in [6.45, 7) is 6.48. The molecule has 0 bridgehead atoms. The number of hydrogen-bond acceptors (Lipinski definition) is 5. The Balaban J connectivity index is 1.34. The smallest absolute Gasteiger partial charge is 0.409 e. The van der Waals surface area contributed by atoms with Crippen molar-refractivity contribution in [2.24, 2.45) is 7.05 Å². The van der Waals surface area contributed by atoms with Gasteiger partial charge in [0.25, 0.3) is 5.91 Å². The Morgan fingerprint density at radius 1 is 0.972 bits per heavy atom. The van der Waals surface area contributed by atoms with Crippen molar-refractivity contribution >= 4 is 33.8 Å². The van der Waals surface area contributed by atoms with Gasteiger partial charge in [-0.2, -0.15) is 5.10 Å². The Labute approximate surface area is 210 Å². The quantitative estimate of drug-likeness (QED) is 0.380. The zero-order chi connectivity index (χ0) is 25.2. The molecule has 5 rings (SSSR count). The highest BCUT2D eigenvalue weighted by atomic mass is 16.6. The first kappa shape index (κ1) is 23.8. The van der Waals surface area contributed by atoms with E-state index in [0.29, 0.717) is 38.3 Å². The van der Waals surface area contributed by atoms with Crippen LogP contribution in [0.1, 0.15) is 35.7 Å². The highest BCUT2D eigenvalue weighted by molar-refractivity contribution is 5.99. The fourth-order valence-electron chi connectivity index (χ4n) is 4.66. The van der Waals surface area contributed by atoms with Crippen molar-refractivity contribution in [2.45, 2.75) is 26.7 Å². The summed E-state index contributed by atoms with van der Waals surface area (Å²) in [7, 11) is 1.91. The molecule has 8 nitrogen and oxygen atoms in total. The monoisotopic (exact) mass is 485 g/mol. The Morgan fingerprint density at radius 3 is 2.53 bits per heavy atom. The van der Waals surface area contributed by atoms with E-state index >= 15 is 0 Å². The van der Waals surface area contributed by atoms with Crippen LogP contribution in [0, 0.1) is 6.92 Å². The van der Waals surface area contributed by atoms with Gasteiger partial charge in [0, 0.05) is 61.3 Å². The SMILES string of the molecule is CCCCOC(=O)N1CCN(C(=O)c2ccc3c(C)cc(-c4ccc5nn(C)cc5c4)nc3c2)CC1. The molecule has 36 heavy (non-hydrogen) atoms. The molecule has 0 atom stereocenters. The van der Waals surface area contributed by atoms with Crippen LogP contribution in [0.3, 0.4) is 0 Å². The minimum absolute atomic E-state index is 0.0439. The lowest BCUT2D eigenvalue weighted by atomic mass is 10.0. The van der Waals surface area contributed by atoms with Crippen molar-refractivity contribution in [3.05, 3.63) is 59.8 Å². The van der Waals surface area contributed by atoms with E-state index in [1.165, 1.54) is 0 Å². The molecular weight excluding hydrogens is 454 g/mol. The number of ether oxygens (including phenoxy) is 1. The molecule has 0 N–H and O–H groups in total. The number of piperazine rings is 1. The summed E-state index contributed by atoms with van der Waals surface area (Å²) in [5, 5.41) is 6.53. The number of amides is 2. The lowest BCUT2D eigenvalue weighted by Gasteiger charge is -2.34. The molecule has 186 valence electrons. The van der Waals surface area contributed by atoms with Crippen LogP contribution < -0.4 is 0 Å². The second-order valence-corrected chi connectivity index (χ2v) is 9.38. The molecule has 2 aromatic heterocycles. The van der Waals surface area contributed by atoms with Gasteiger partial charge in [-0.25, -0.2) is 9.78 Å². The van der Waals surface area contributed by atoms with Gasteiger partial charge in [-0.05, 0) is 49.2 Å². The number of aryl methyl sites for hydroxylation is 2. The van der Waals surface area contributed by atoms with E-state index in [0.717, 1.165) is 51.5 Å². The first-order valence-corrected chi connectivity index (χ1v) is 12.5. The Hall–Kier alpha value is -3.94. The van der Waals surface area contributed by atoms with Crippen molar-refractivity contribution < 1.29 is 14.3 Å². The number of unbranched alkanes of at least 4 members (excludes halogenated alkanes) is 1. The predicted molar refractivity (Wildman–Crippen MR) is 140 cm³/mol. The highest BCUT2D eigenvalue weighted by Gasteiger charge is 2.26. The Morgan fingerprint density at radius 2 is 1.75 bits per heavy atom. The molecule has 0 radical (unpaired) electrons. The summed E-state index contributed by atoms with van der Waals surface area (Å²) >= 11 is 0. The van der Waals surface area contributed by atoms with Gasteiger partial charge in [0.1, 0.15) is 0 Å². The highest BCUT2D eigenvalue weighted by Crippen LogP contribution is 2.28. The summed E-state index contributed by atoms with van der Waals surface area (Å²) in [5.41, 5.74) is 5.33. The Kier molecular flexibility index (Phi) is 6.59. The number of carbonyl (C=O) groups is 2. The first-order valence-electron chi connectivity index (χ1n) is 12.5. The van der Waals surface area contributed by atoms with Gasteiger partial charge in [-0.3, -0.25) is 9.48 Å². The molecule has 2 aromatic carbocycles. The van der Waals surface area contributed by atoms with Gasteiger partial charge < -0.3 is 14.5 Å². The molecule has 1 aliphatic heterocycles. The van der Waals surface area contributed by atoms with Gasteiger partial charge in [-0.15, -0.1) is 0 Å². The third-order valence-electron chi connectivity index (χ3n) is 6.73. The summed E-state index contributed by atoms with van der Waals surface area (Å²) < 4.78 is 7.11. The average Bonchev–Trinajstić information content (AvgIpc) is 3.27. The summed E-state index contributed by atoms with van der Waals surface area (Å²) in [6, 6.07) is 13.9. The lowest BCUT2D eigenvalue weighted by molar-refractivity contribution is 0.0558. The normalized spacial score (nSPS) is 14.0. The number of fused-ring (bicyclic) bond motifs is 2. The van der Waals surface area contributed by atoms with E-state index in [-0.39, 0.29) is 12.0 Å². The molecule has 0 aliphatic carbocycles. The number of hydrogen-bond donors (Lipinski definition) is 0. The molecule has 8 heteroatoms. The maximum absolute atomic E-state index is 13.3. The van der Waals surface area contributed by atoms with Gasteiger partial charge >= 0.3 is 6.09 Å². The predicted octanol–water partition coefficient (Wildman–Crippen LogP) is 4.79. The van der Waals surface area contributed by atoms with Gasteiger partial charge in [-0.1, -0.05) is 25.5 Å². The molecule has 1 saturated heterocycles. The largest absolute Gasteiger partial charge is 0.449 e. The van der Waals surface area contributed by atoms with E-state index in [1.807, 2.05) is 43.6 Å². The Bertz CT molecular complexity index is 1440. The van der Waals surface area contributed by atoms with Crippen molar-refractivity contribution in [1.82, 2.24) is 24.6 Å². The topological polar surface area (TPSA) is 80.6 Å². The maximum Gasteiger partial charge on any atom is 0.409 e. The fourth-order valence-corrected chi connectivity index (χ4v) is 4.66. The first-order chi connectivity index (χ1) is 17.4. The zero-order valence-electron chi connectivity index (χ0n) is 21.0. The van der Waals surface area contributed by atoms with E-state index < -0.39 is 0 Å². The molecule has 3 heterocycles. The summed E-state index contributed by atoms with van der Waals surface area (Å²) in [4.78, 5) is 33.9. The van der Waals surface area contributed by atoms with Crippen LogP contribution >= 0.6 is 0 Å². The van der Waals surface area contributed by atoms with E-state index in [9.17, 15) is 9.59 Å². The molecule has 0 unspecified atom stereocenters. The second kappa shape index (κ2) is 9.97. The van der Waals surface area contributed by atoms with Crippen LogP contribution in [0.25, 0.3) is 33.1 Å². The third kappa shape index (κ3) is 4.76. The fraction of sp³-hybridized carbons (Fsp3) is 0.357. The summed E-state index contributed by atoms with van der Waals surface area (Å²) in [6.07, 6.45) is 3.54. The second-order valence-electron chi connectivity index (χ2n) is 9.38. The van der Waals surface area contributed by atoms with Gasteiger partial charge in [0.15, 0.2) is 0 Å². The molecule has 0 saturated carbocycles. The van der Waals surface area contributed by atoms with Crippen molar-refractivity contribution in [3.63, 3.8) is 0 Å². The van der Waals surface area contributed by atoms with Crippen LogP contribution in [-0.4, -0.2) is 69.4 Å². The minimum atomic E-state index is -0.294. The lowest BCUT2D eigenvalue weighted by Crippen LogP contribution is -2.50. The zero-order valence-corrected chi connectivity index (χ0v) is 21.0. The standard InChI is InChI=1S/C28H31N5O3/c1-4-5-14-36-28(35)33-12-10-32(11-13-33)27(34)21-6-8-23-19(2)15-25(29-26(23)17-21)20-7-9-24-22(16-20)18-31(3)30-24/h6-9,15-18H,4-5,10-14H2,1-3H3.